The number of benzene rings is 1. The first kappa shape index (κ1) is 24.3. The van der Waals surface area contributed by atoms with Crippen LogP contribution in [0.15, 0.2) is 18.2 Å². The van der Waals surface area contributed by atoms with E-state index in [1.54, 1.807) is 0 Å². The van der Waals surface area contributed by atoms with Gasteiger partial charge in [-0.05, 0) is 31.0 Å². The Balaban J connectivity index is 2.65. The monoisotopic (exact) mass is 409 g/mol. The van der Waals surface area contributed by atoms with Gasteiger partial charge in [-0.3, -0.25) is 5.32 Å². The molecule has 0 aliphatic heterocycles. The Morgan fingerprint density at radius 1 is 0.897 bits per heavy atom. The molecule has 0 aromatic heterocycles. The van der Waals surface area contributed by atoms with Gasteiger partial charge < -0.3 is 19.3 Å². The molecule has 1 aromatic carbocycles. The lowest BCUT2D eigenvalue weighted by atomic mass is 10.2. The standard InChI is InChI=1S/C21H31NO7/c1-3-5-7-9-13-27-20(25)22-17-15-16(19(23)24)11-12-18(17)29-21(26)28-14-10-8-6-4-2/h11-12,15H,3-10,13-14H2,1-2H3,(H,22,25)(H,23,24). The van der Waals surface area contributed by atoms with Crippen molar-refractivity contribution in [1.82, 2.24) is 0 Å². The lowest BCUT2D eigenvalue weighted by molar-refractivity contribution is 0.0696. The van der Waals surface area contributed by atoms with E-state index >= 15 is 0 Å². The second-order valence-electron chi connectivity index (χ2n) is 6.60. The number of rotatable bonds is 13. The number of nitrogens with one attached hydrogen (secondary N) is 1. The molecule has 0 spiro atoms. The molecule has 29 heavy (non-hydrogen) atoms. The van der Waals surface area contributed by atoms with Crippen LogP contribution < -0.4 is 10.1 Å². The molecular formula is C21H31NO7. The second kappa shape index (κ2) is 14.3. The SMILES string of the molecule is CCCCCCOC(=O)Nc1cc(C(=O)O)ccc1OC(=O)OCCCCCC. The van der Waals surface area contributed by atoms with Crippen LogP contribution in [0.1, 0.15) is 75.6 Å². The molecule has 2 N–H and O–H groups in total. The molecule has 8 nitrogen and oxygen atoms in total. The molecule has 0 fully saturated rings. The molecule has 0 aliphatic carbocycles. The van der Waals surface area contributed by atoms with Crippen molar-refractivity contribution >= 4 is 23.9 Å². The number of carboxylic acids is 1. The van der Waals surface area contributed by atoms with E-state index in [9.17, 15) is 14.4 Å². The molecule has 162 valence electrons. The van der Waals surface area contributed by atoms with E-state index in [1.807, 2.05) is 0 Å². The van der Waals surface area contributed by atoms with Crippen molar-refractivity contribution in [3.05, 3.63) is 23.8 Å². The number of ether oxygens (including phenoxy) is 3. The number of hydrogen-bond donors (Lipinski definition) is 2. The highest BCUT2D eigenvalue weighted by Gasteiger charge is 2.16. The van der Waals surface area contributed by atoms with Crippen LogP contribution in [0.3, 0.4) is 0 Å². The molecule has 1 aromatic rings. The summed E-state index contributed by atoms with van der Waals surface area (Å²) in [5, 5.41) is 11.6. The van der Waals surface area contributed by atoms with Gasteiger partial charge in [0.05, 0.1) is 24.5 Å². The van der Waals surface area contributed by atoms with E-state index in [0.717, 1.165) is 51.4 Å². The lowest BCUT2D eigenvalue weighted by Gasteiger charge is -2.12. The van der Waals surface area contributed by atoms with E-state index in [0.29, 0.717) is 0 Å². The number of hydrogen-bond acceptors (Lipinski definition) is 6. The van der Waals surface area contributed by atoms with Gasteiger partial charge in [-0.1, -0.05) is 52.4 Å². The van der Waals surface area contributed by atoms with Crippen molar-refractivity contribution in [2.24, 2.45) is 0 Å². The Labute approximate surface area is 171 Å². The molecule has 0 bridgehead atoms. The first-order chi connectivity index (χ1) is 14.0. The van der Waals surface area contributed by atoms with Crippen molar-refractivity contribution in [2.75, 3.05) is 18.5 Å². The summed E-state index contributed by atoms with van der Waals surface area (Å²) in [5.41, 5.74) is -0.0464. The zero-order chi connectivity index (χ0) is 21.5. The van der Waals surface area contributed by atoms with E-state index < -0.39 is 18.2 Å². The molecule has 1 rings (SSSR count). The third-order valence-electron chi connectivity index (χ3n) is 4.11. The van der Waals surface area contributed by atoms with Crippen molar-refractivity contribution in [3.8, 4) is 5.75 Å². The quantitative estimate of drug-likeness (QED) is 0.247. The van der Waals surface area contributed by atoms with Crippen LogP contribution in [0.4, 0.5) is 15.3 Å². The maximum absolute atomic E-state index is 12.0. The molecule has 0 heterocycles. The van der Waals surface area contributed by atoms with Crippen LogP contribution in [0.5, 0.6) is 5.75 Å². The number of carbonyl (C=O) groups is 3. The molecule has 1 amide bonds. The van der Waals surface area contributed by atoms with Gasteiger partial charge in [-0.15, -0.1) is 0 Å². The summed E-state index contributed by atoms with van der Waals surface area (Å²) in [6.07, 6.45) is 5.98. The van der Waals surface area contributed by atoms with E-state index in [1.165, 1.54) is 18.2 Å². The number of carboxylic acid groups (broad SMARTS) is 1. The summed E-state index contributed by atoms with van der Waals surface area (Å²) in [6.45, 7) is 4.65. The maximum Gasteiger partial charge on any atom is 0.513 e. The molecule has 0 saturated heterocycles. The Bertz CT molecular complexity index is 660. The zero-order valence-corrected chi connectivity index (χ0v) is 17.2. The third kappa shape index (κ3) is 10.4. The van der Waals surface area contributed by atoms with Gasteiger partial charge in [-0.25, -0.2) is 14.4 Å². The first-order valence-electron chi connectivity index (χ1n) is 10.1. The third-order valence-corrected chi connectivity index (χ3v) is 4.11. The molecule has 0 saturated carbocycles. The smallest absolute Gasteiger partial charge is 0.478 e. The summed E-state index contributed by atoms with van der Waals surface area (Å²) in [4.78, 5) is 35.0. The molecule has 0 unspecified atom stereocenters. The fourth-order valence-corrected chi connectivity index (χ4v) is 2.49. The highest BCUT2D eigenvalue weighted by Crippen LogP contribution is 2.27. The normalized spacial score (nSPS) is 10.3. The molecule has 0 atom stereocenters. The van der Waals surface area contributed by atoms with Gasteiger partial charge in [0.25, 0.3) is 0 Å². The van der Waals surface area contributed by atoms with Gasteiger partial charge in [0.15, 0.2) is 5.75 Å². The summed E-state index contributed by atoms with van der Waals surface area (Å²) in [7, 11) is 0. The van der Waals surface area contributed by atoms with Crippen LogP contribution >= 0.6 is 0 Å². The minimum Gasteiger partial charge on any atom is -0.478 e. The van der Waals surface area contributed by atoms with Gasteiger partial charge in [0.2, 0.25) is 0 Å². The van der Waals surface area contributed by atoms with Crippen LogP contribution in [-0.2, 0) is 9.47 Å². The fourth-order valence-electron chi connectivity index (χ4n) is 2.49. The van der Waals surface area contributed by atoms with Crippen molar-refractivity contribution < 1.29 is 33.7 Å². The Morgan fingerprint density at radius 3 is 2.10 bits per heavy atom. The number of aromatic carboxylic acids is 1. The number of carbonyl (C=O) groups excluding carboxylic acids is 2. The average Bonchev–Trinajstić information content (AvgIpc) is 2.68. The van der Waals surface area contributed by atoms with E-state index in [4.69, 9.17) is 19.3 Å². The minimum atomic E-state index is -1.17. The first-order valence-corrected chi connectivity index (χ1v) is 10.1. The second-order valence-corrected chi connectivity index (χ2v) is 6.60. The predicted octanol–water partition coefficient (Wildman–Crippen LogP) is 5.61. The van der Waals surface area contributed by atoms with Crippen molar-refractivity contribution in [1.29, 1.82) is 0 Å². The summed E-state index contributed by atoms with van der Waals surface area (Å²) in [6, 6.07) is 3.76. The maximum atomic E-state index is 12.0. The van der Waals surface area contributed by atoms with Gasteiger partial charge >= 0.3 is 18.2 Å². The highest BCUT2D eigenvalue weighted by atomic mass is 16.7. The zero-order valence-electron chi connectivity index (χ0n) is 17.2. The summed E-state index contributed by atoms with van der Waals surface area (Å²) < 4.78 is 15.2. The molecule has 8 heteroatoms. The van der Waals surface area contributed by atoms with Crippen LogP contribution in [0, 0.1) is 0 Å². The van der Waals surface area contributed by atoms with Crippen LogP contribution in [-0.4, -0.2) is 36.5 Å². The Morgan fingerprint density at radius 2 is 1.52 bits per heavy atom. The topological polar surface area (TPSA) is 111 Å². The van der Waals surface area contributed by atoms with Gasteiger partial charge in [-0.2, -0.15) is 0 Å². The highest BCUT2D eigenvalue weighted by molar-refractivity contribution is 5.93. The van der Waals surface area contributed by atoms with Crippen LogP contribution in [0.25, 0.3) is 0 Å². The average molecular weight is 409 g/mol. The lowest BCUT2D eigenvalue weighted by Crippen LogP contribution is -2.17. The van der Waals surface area contributed by atoms with E-state index in [2.05, 4.69) is 19.2 Å². The molecule has 0 aliphatic rings. The number of amides is 1. The van der Waals surface area contributed by atoms with E-state index in [-0.39, 0.29) is 30.2 Å². The van der Waals surface area contributed by atoms with Crippen molar-refractivity contribution in [3.63, 3.8) is 0 Å². The number of anilines is 1. The Kier molecular flexibility index (Phi) is 11.9. The predicted molar refractivity (Wildman–Crippen MR) is 109 cm³/mol. The molecule has 0 radical (unpaired) electrons. The van der Waals surface area contributed by atoms with Gasteiger partial charge in [0.1, 0.15) is 0 Å². The summed E-state index contributed by atoms with van der Waals surface area (Å²) >= 11 is 0. The largest absolute Gasteiger partial charge is 0.513 e. The number of unbranched alkanes of at least 4 members (excludes halogenated alkanes) is 6. The fraction of sp³-hybridized carbons (Fsp3) is 0.571. The summed E-state index contributed by atoms with van der Waals surface area (Å²) in [5.74, 6) is -1.19. The molecular weight excluding hydrogens is 378 g/mol. The van der Waals surface area contributed by atoms with Crippen molar-refractivity contribution in [2.45, 2.75) is 65.2 Å². The minimum absolute atomic E-state index is 0.0171. The Hall–Kier alpha value is -2.77. The van der Waals surface area contributed by atoms with Crippen LogP contribution in [0.2, 0.25) is 0 Å². The van der Waals surface area contributed by atoms with Gasteiger partial charge in [0, 0.05) is 0 Å².